The van der Waals surface area contributed by atoms with Crippen molar-refractivity contribution >= 4 is 15.8 Å². The van der Waals surface area contributed by atoms with Gasteiger partial charge in [-0.15, -0.1) is 0 Å². The lowest BCUT2D eigenvalue weighted by atomic mass is 10.1. The Labute approximate surface area is 107 Å². The van der Waals surface area contributed by atoms with E-state index in [-0.39, 0.29) is 10.9 Å². The molecule has 1 fully saturated rings. The summed E-state index contributed by atoms with van der Waals surface area (Å²) < 4.78 is 26.9. The molecule has 0 unspecified atom stereocenters. The van der Waals surface area contributed by atoms with Gasteiger partial charge < -0.3 is 9.80 Å². The smallest absolute Gasteiger partial charge is 0.244 e. The van der Waals surface area contributed by atoms with Crippen LogP contribution in [0.3, 0.4) is 0 Å². The third-order valence-electron chi connectivity index (χ3n) is 3.51. The third-order valence-corrected chi connectivity index (χ3v) is 4.95. The molecular weight excluding hydrogens is 252 g/mol. The normalized spacial score (nSPS) is 27.2. The second-order valence-electron chi connectivity index (χ2n) is 4.79. The van der Waals surface area contributed by atoms with Gasteiger partial charge in [0.05, 0.1) is 6.04 Å². The number of sulfonamides is 1. The minimum absolute atomic E-state index is 0.148. The van der Waals surface area contributed by atoms with Crippen molar-refractivity contribution in [3.8, 4) is 0 Å². The molecular formula is C11H16N4O2S. The van der Waals surface area contributed by atoms with Gasteiger partial charge in [0.25, 0.3) is 0 Å². The van der Waals surface area contributed by atoms with Crippen LogP contribution in [0.15, 0.2) is 23.2 Å². The zero-order valence-corrected chi connectivity index (χ0v) is 11.0. The monoisotopic (exact) mass is 268 g/mol. The number of hydrogen-bond acceptors (Lipinski definition) is 5. The molecule has 1 N–H and O–H groups in total. The first-order valence-electron chi connectivity index (χ1n) is 5.98. The van der Waals surface area contributed by atoms with Crippen molar-refractivity contribution in [3.05, 3.63) is 18.3 Å². The minimum Gasteiger partial charge on any atom is -0.349 e. The molecule has 0 saturated carbocycles. The summed E-state index contributed by atoms with van der Waals surface area (Å²) in [6.45, 7) is 3.01. The van der Waals surface area contributed by atoms with E-state index in [1.54, 1.807) is 18.3 Å². The molecule has 3 heterocycles. The molecule has 2 aliphatic heterocycles. The molecule has 98 valence electrons. The summed E-state index contributed by atoms with van der Waals surface area (Å²) in [6.07, 6.45) is 1.65. The summed E-state index contributed by atoms with van der Waals surface area (Å²) >= 11 is 0. The molecule has 0 amide bonds. The van der Waals surface area contributed by atoms with E-state index in [1.165, 1.54) is 0 Å². The van der Waals surface area contributed by atoms with Crippen molar-refractivity contribution in [2.75, 3.05) is 38.1 Å². The van der Waals surface area contributed by atoms with Crippen molar-refractivity contribution in [2.24, 2.45) is 0 Å². The standard InChI is InChI=1S/C11H16N4O2S/c1-14-5-6-15-9(8-14)7-13-18(16,17)10-3-2-4-12-11(10)15/h2-4,9,13H,5-8H2,1H3/t9-/m0/s1. The maximum atomic E-state index is 12.1. The Morgan fingerprint density at radius 3 is 3.11 bits per heavy atom. The molecule has 7 heteroatoms. The highest BCUT2D eigenvalue weighted by Crippen LogP contribution is 2.28. The lowest BCUT2D eigenvalue weighted by Gasteiger charge is -2.39. The van der Waals surface area contributed by atoms with Gasteiger partial charge >= 0.3 is 0 Å². The van der Waals surface area contributed by atoms with Crippen LogP contribution in [0.5, 0.6) is 0 Å². The second-order valence-corrected chi connectivity index (χ2v) is 6.52. The Kier molecular flexibility index (Phi) is 2.76. The molecule has 1 atom stereocenters. The fourth-order valence-electron chi connectivity index (χ4n) is 2.56. The average molecular weight is 268 g/mol. The zero-order valence-electron chi connectivity index (χ0n) is 10.2. The highest BCUT2D eigenvalue weighted by atomic mass is 32.2. The van der Waals surface area contributed by atoms with E-state index >= 15 is 0 Å². The van der Waals surface area contributed by atoms with Gasteiger partial charge in [0.2, 0.25) is 10.0 Å². The second kappa shape index (κ2) is 4.18. The van der Waals surface area contributed by atoms with E-state index in [0.717, 1.165) is 19.6 Å². The van der Waals surface area contributed by atoms with Gasteiger partial charge in [0.1, 0.15) is 10.7 Å². The van der Waals surface area contributed by atoms with Crippen LogP contribution in [0.2, 0.25) is 0 Å². The van der Waals surface area contributed by atoms with E-state index in [4.69, 9.17) is 0 Å². The fraction of sp³-hybridized carbons (Fsp3) is 0.545. The summed E-state index contributed by atoms with van der Waals surface area (Å²) in [4.78, 5) is 8.88. The number of hydrogen-bond donors (Lipinski definition) is 1. The van der Waals surface area contributed by atoms with Crippen molar-refractivity contribution in [2.45, 2.75) is 10.9 Å². The summed E-state index contributed by atoms with van der Waals surface area (Å²) in [7, 11) is -1.38. The quantitative estimate of drug-likeness (QED) is 0.687. The summed E-state index contributed by atoms with van der Waals surface area (Å²) in [6, 6.07) is 3.43. The number of fused-ring (bicyclic) bond motifs is 3. The highest BCUT2D eigenvalue weighted by Gasteiger charge is 2.34. The number of piperazine rings is 1. The Bertz CT molecular complexity index is 560. The highest BCUT2D eigenvalue weighted by molar-refractivity contribution is 7.89. The van der Waals surface area contributed by atoms with Gasteiger partial charge in [-0.2, -0.15) is 0 Å². The lowest BCUT2D eigenvalue weighted by molar-refractivity contribution is 0.267. The first-order valence-corrected chi connectivity index (χ1v) is 7.46. The first-order chi connectivity index (χ1) is 8.58. The number of rotatable bonds is 0. The largest absolute Gasteiger partial charge is 0.349 e. The molecule has 0 aliphatic carbocycles. The predicted octanol–water partition coefficient (Wildman–Crippen LogP) is -0.506. The Morgan fingerprint density at radius 2 is 2.28 bits per heavy atom. The van der Waals surface area contributed by atoms with E-state index in [9.17, 15) is 8.42 Å². The SMILES string of the molecule is CN1CCN2c3ncccc3S(=O)(=O)NC[C@H]2C1. The molecule has 2 aliphatic rings. The van der Waals surface area contributed by atoms with Crippen LogP contribution in [0.1, 0.15) is 0 Å². The third kappa shape index (κ3) is 1.88. The molecule has 18 heavy (non-hydrogen) atoms. The van der Waals surface area contributed by atoms with Crippen molar-refractivity contribution in [3.63, 3.8) is 0 Å². The topological polar surface area (TPSA) is 65.5 Å². The van der Waals surface area contributed by atoms with E-state index in [1.807, 2.05) is 0 Å². The number of pyridine rings is 1. The van der Waals surface area contributed by atoms with Crippen molar-refractivity contribution in [1.82, 2.24) is 14.6 Å². The van der Waals surface area contributed by atoms with E-state index in [0.29, 0.717) is 12.4 Å². The van der Waals surface area contributed by atoms with Gasteiger partial charge in [-0.25, -0.2) is 18.1 Å². The van der Waals surface area contributed by atoms with Crippen LogP contribution in [0.4, 0.5) is 5.82 Å². The average Bonchev–Trinajstić information content (AvgIpc) is 2.46. The van der Waals surface area contributed by atoms with Crippen molar-refractivity contribution in [1.29, 1.82) is 0 Å². The minimum atomic E-state index is -3.43. The number of nitrogens with one attached hydrogen (secondary N) is 1. The Morgan fingerprint density at radius 1 is 1.44 bits per heavy atom. The van der Waals surface area contributed by atoms with Crippen LogP contribution < -0.4 is 9.62 Å². The molecule has 0 bridgehead atoms. The summed E-state index contributed by atoms with van der Waals surface area (Å²) in [5.74, 6) is 0.584. The number of aromatic nitrogens is 1. The Hall–Kier alpha value is -1.18. The Balaban J connectivity index is 2.10. The summed E-state index contributed by atoms with van der Waals surface area (Å²) in [5, 5.41) is 0. The lowest BCUT2D eigenvalue weighted by Crippen LogP contribution is -2.55. The maximum Gasteiger partial charge on any atom is 0.244 e. The molecule has 3 rings (SSSR count). The van der Waals surface area contributed by atoms with Crippen LogP contribution in [0.25, 0.3) is 0 Å². The van der Waals surface area contributed by atoms with Crippen LogP contribution in [0, 0.1) is 0 Å². The van der Waals surface area contributed by atoms with Crippen molar-refractivity contribution < 1.29 is 8.42 Å². The molecule has 1 saturated heterocycles. The molecule has 6 nitrogen and oxygen atoms in total. The van der Waals surface area contributed by atoms with Crippen LogP contribution in [-0.2, 0) is 10.0 Å². The van der Waals surface area contributed by atoms with E-state index < -0.39 is 10.0 Å². The van der Waals surface area contributed by atoms with Gasteiger partial charge in [0.15, 0.2) is 0 Å². The molecule has 1 aromatic heterocycles. The predicted molar refractivity (Wildman–Crippen MR) is 68.1 cm³/mol. The zero-order chi connectivity index (χ0) is 12.8. The summed E-state index contributed by atoms with van der Waals surface area (Å²) in [5.41, 5.74) is 0. The molecule has 0 aromatic carbocycles. The van der Waals surface area contributed by atoms with Gasteiger partial charge in [-0.3, -0.25) is 0 Å². The first kappa shape index (κ1) is 11.9. The van der Waals surface area contributed by atoms with Gasteiger partial charge in [0, 0.05) is 32.4 Å². The molecule has 1 aromatic rings. The van der Waals surface area contributed by atoms with E-state index in [2.05, 4.69) is 26.6 Å². The number of nitrogens with zero attached hydrogens (tertiary/aromatic N) is 3. The van der Waals surface area contributed by atoms with Crippen LogP contribution >= 0.6 is 0 Å². The van der Waals surface area contributed by atoms with Gasteiger partial charge in [-0.05, 0) is 19.2 Å². The fourth-order valence-corrected chi connectivity index (χ4v) is 3.79. The van der Waals surface area contributed by atoms with Crippen LogP contribution in [-0.4, -0.2) is 57.6 Å². The molecule has 0 radical (unpaired) electrons. The number of anilines is 1. The molecule has 0 spiro atoms. The van der Waals surface area contributed by atoms with Gasteiger partial charge in [-0.1, -0.05) is 0 Å². The maximum absolute atomic E-state index is 12.1. The number of likely N-dealkylation sites (N-methyl/N-ethyl adjacent to an activating group) is 1.